The van der Waals surface area contributed by atoms with E-state index < -0.39 is 0 Å². The van der Waals surface area contributed by atoms with Crippen molar-refractivity contribution in [3.05, 3.63) is 88.0 Å². The van der Waals surface area contributed by atoms with Crippen LogP contribution in [0.4, 0.5) is 4.39 Å². The van der Waals surface area contributed by atoms with Gasteiger partial charge in [0.25, 0.3) is 5.78 Å². The van der Waals surface area contributed by atoms with Gasteiger partial charge < -0.3 is 0 Å². The maximum absolute atomic E-state index is 13.2. The number of hydrogen-bond donors (Lipinski definition) is 0. The normalized spacial score (nSPS) is 16.1. The van der Waals surface area contributed by atoms with E-state index in [1.807, 2.05) is 24.3 Å². The van der Waals surface area contributed by atoms with Gasteiger partial charge in [-0.2, -0.15) is 4.98 Å². The van der Waals surface area contributed by atoms with E-state index in [2.05, 4.69) is 15.1 Å². The predicted octanol–water partition coefficient (Wildman–Crippen LogP) is 5.12. The Morgan fingerprint density at radius 1 is 1.10 bits per heavy atom. The van der Waals surface area contributed by atoms with Gasteiger partial charge in [-0.1, -0.05) is 53.7 Å². The van der Waals surface area contributed by atoms with Gasteiger partial charge >= 0.3 is 0 Å². The van der Waals surface area contributed by atoms with Crippen LogP contribution in [0.15, 0.2) is 59.9 Å². The van der Waals surface area contributed by atoms with E-state index >= 15 is 0 Å². The highest BCUT2D eigenvalue weighted by molar-refractivity contribution is 7.98. The van der Waals surface area contributed by atoms with Crippen LogP contribution in [0.25, 0.3) is 5.78 Å². The molecule has 2 aromatic carbocycles. The molecule has 1 aliphatic carbocycles. The topological polar surface area (TPSA) is 60.2 Å². The summed E-state index contributed by atoms with van der Waals surface area (Å²) < 4.78 is 14.8. The second kappa shape index (κ2) is 7.81. The van der Waals surface area contributed by atoms with Crippen molar-refractivity contribution in [2.24, 2.45) is 0 Å². The molecule has 8 heteroatoms. The van der Waals surface area contributed by atoms with Crippen LogP contribution in [-0.4, -0.2) is 25.4 Å². The van der Waals surface area contributed by atoms with Crippen molar-refractivity contribution >= 4 is 34.9 Å². The molecule has 5 nitrogen and oxygen atoms in total. The molecule has 2 aromatic heterocycles. The van der Waals surface area contributed by atoms with Gasteiger partial charge in [0.1, 0.15) is 5.82 Å². The van der Waals surface area contributed by atoms with Gasteiger partial charge in [0.05, 0.1) is 11.3 Å². The van der Waals surface area contributed by atoms with Gasteiger partial charge in [0.15, 0.2) is 5.78 Å². The summed E-state index contributed by atoms with van der Waals surface area (Å²) in [7, 11) is 0. The molecule has 0 aliphatic heterocycles. The van der Waals surface area contributed by atoms with Crippen LogP contribution in [-0.2, 0) is 12.2 Å². The molecule has 4 aromatic rings. The zero-order valence-corrected chi connectivity index (χ0v) is 17.3. The second-order valence-electron chi connectivity index (χ2n) is 7.20. The maximum atomic E-state index is 13.2. The molecule has 2 heterocycles. The lowest BCUT2D eigenvalue weighted by Crippen LogP contribution is -2.21. The lowest BCUT2D eigenvalue weighted by Gasteiger charge is -2.23. The summed E-state index contributed by atoms with van der Waals surface area (Å²) in [6.07, 6.45) is 2.69. The van der Waals surface area contributed by atoms with Crippen molar-refractivity contribution in [3.63, 3.8) is 0 Å². The van der Waals surface area contributed by atoms with E-state index in [0.29, 0.717) is 45.8 Å². The number of benzene rings is 2. The Labute approximate surface area is 181 Å². The van der Waals surface area contributed by atoms with Crippen molar-refractivity contribution in [2.45, 2.75) is 29.7 Å². The van der Waals surface area contributed by atoms with Gasteiger partial charge in [0.2, 0.25) is 5.16 Å². The van der Waals surface area contributed by atoms with E-state index in [1.54, 1.807) is 22.8 Å². The minimum atomic E-state index is -0.286. The molecule has 150 valence electrons. The first-order valence-electron chi connectivity index (χ1n) is 9.48. The number of thioether (sulfide) groups is 1. The molecule has 0 radical (unpaired) electrons. The van der Waals surface area contributed by atoms with Crippen LogP contribution in [0.3, 0.4) is 0 Å². The molecule has 0 saturated heterocycles. The molecule has 5 rings (SSSR count). The minimum absolute atomic E-state index is 0.0146. The third-order valence-corrected chi connectivity index (χ3v) is 6.47. The molecule has 0 spiro atoms. The third-order valence-electron chi connectivity index (χ3n) is 5.22. The minimum Gasteiger partial charge on any atom is -0.294 e. The van der Waals surface area contributed by atoms with Crippen molar-refractivity contribution in [2.75, 3.05) is 0 Å². The Morgan fingerprint density at radius 2 is 1.90 bits per heavy atom. The lowest BCUT2D eigenvalue weighted by atomic mass is 9.82. The summed E-state index contributed by atoms with van der Waals surface area (Å²) in [5.41, 5.74) is 3.23. The van der Waals surface area contributed by atoms with E-state index in [1.165, 1.54) is 23.9 Å². The van der Waals surface area contributed by atoms with Crippen molar-refractivity contribution in [1.29, 1.82) is 0 Å². The Hall–Kier alpha value is -2.77. The van der Waals surface area contributed by atoms with E-state index in [9.17, 15) is 9.18 Å². The molecule has 0 N–H and O–H groups in total. The Kier molecular flexibility index (Phi) is 5.00. The fourth-order valence-corrected chi connectivity index (χ4v) is 4.76. The SMILES string of the molecule is O=C1CC(c2ccc(F)cc2)Cc2nc3nc(SCc4ccccc4Cl)nn3cc21. The van der Waals surface area contributed by atoms with Crippen LogP contribution in [0.1, 0.15) is 39.5 Å². The molecule has 0 saturated carbocycles. The molecular weight excluding hydrogens is 423 g/mol. The fourth-order valence-electron chi connectivity index (χ4n) is 3.65. The summed E-state index contributed by atoms with van der Waals surface area (Å²) in [5.74, 6) is 0.814. The first-order valence-corrected chi connectivity index (χ1v) is 10.8. The van der Waals surface area contributed by atoms with Crippen molar-refractivity contribution in [3.8, 4) is 0 Å². The molecule has 0 bridgehead atoms. The van der Waals surface area contributed by atoms with Crippen LogP contribution in [0.2, 0.25) is 5.02 Å². The molecular formula is C22H16ClFN4OS. The van der Waals surface area contributed by atoms with E-state index in [4.69, 9.17) is 11.6 Å². The van der Waals surface area contributed by atoms with Crippen LogP contribution in [0, 0.1) is 5.82 Å². The highest BCUT2D eigenvalue weighted by atomic mass is 35.5. The average Bonchev–Trinajstić information content (AvgIpc) is 3.14. The lowest BCUT2D eigenvalue weighted by molar-refractivity contribution is 0.0962. The number of rotatable bonds is 4. The summed E-state index contributed by atoms with van der Waals surface area (Å²) >= 11 is 7.68. The number of hydrogen-bond acceptors (Lipinski definition) is 5. The van der Waals surface area contributed by atoms with Gasteiger partial charge in [-0.3, -0.25) is 4.79 Å². The number of halogens is 2. The number of aromatic nitrogens is 4. The van der Waals surface area contributed by atoms with Gasteiger partial charge in [-0.05, 0) is 41.7 Å². The Balaban J connectivity index is 1.41. The number of ketones is 1. The van der Waals surface area contributed by atoms with E-state index in [0.717, 1.165) is 11.1 Å². The van der Waals surface area contributed by atoms with Gasteiger partial charge in [-0.25, -0.2) is 13.9 Å². The smallest absolute Gasteiger partial charge is 0.253 e. The third kappa shape index (κ3) is 3.70. The second-order valence-corrected chi connectivity index (χ2v) is 8.55. The number of fused-ring (bicyclic) bond motifs is 2. The quantitative estimate of drug-likeness (QED) is 0.414. The number of Topliss-reactive ketones (excluding diaryl/α,β-unsaturated/α-hetero) is 1. The van der Waals surface area contributed by atoms with Gasteiger partial charge in [0, 0.05) is 23.4 Å². The molecule has 0 amide bonds. The largest absolute Gasteiger partial charge is 0.294 e. The molecule has 30 heavy (non-hydrogen) atoms. The summed E-state index contributed by atoms with van der Waals surface area (Å²) in [4.78, 5) is 21.8. The zero-order valence-electron chi connectivity index (χ0n) is 15.8. The molecule has 1 atom stereocenters. The van der Waals surface area contributed by atoms with Crippen LogP contribution in [0.5, 0.6) is 0 Å². The predicted molar refractivity (Wildman–Crippen MR) is 114 cm³/mol. The standard InChI is InChI=1S/C22H16ClFN4OS/c23-18-4-2-1-3-14(18)12-30-22-26-21-25-19-9-15(13-5-7-16(24)8-6-13)10-20(29)17(19)11-28(21)27-22/h1-8,11,15H,9-10,12H2. The monoisotopic (exact) mass is 438 g/mol. The van der Waals surface area contributed by atoms with Crippen molar-refractivity contribution < 1.29 is 9.18 Å². The van der Waals surface area contributed by atoms with Crippen LogP contribution >= 0.6 is 23.4 Å². The van der Waals surface area contributed by atoms with E-state index in [-0.39, 0.29) is 17.5 Å². The zero-order chi connectivity index (χ0) is 20.7. The molecule has 0 fully saturated rings. The summed E-state index contributed by atoms with van der Waals surface area (Å²) in [6, 6.07) is 14.0. The van der Waals surface area contributed by atoms with Crippen molar-refractivity contribution in [1.82, 2.24) is 19.6 Å². The molecule has 1 unspecified atom stereocenters. The average molecular weight is 439 g/mol. The first kappa shape index (κ1) is 19.2. The highest BCUT2D eigenvalue weighted by Gasteiger charge is 2.28. The number of carbonyl (C=O) groups excluding carboxylic acids is 1. The summed E-state index contributed by atoms with van der Waals surface area (Å²) in [6.45, 7) is 0. The fraction of sp³-hybridized carbons (Fsp3) is 0.182. The number of carbonyl (C=O) groups is 1. The number of nitrogens with zero attached hydrogens (tertiary/aromatic N) is 4. The Morgan fingerprint density at radius 3 is 2.70 bits per heavy atom. The summed E-state index contributed by atoms with van der Waals surface area (Å²) in [5, 5.41) is 5.74. The highest BCUT2D eigenvalue weighted by Crippen LogP contribution is 2.32. The molecule has 1 aliphatic rings. The maximum Gasteiger partial charge on any atom is 0.253 e. The Bertz CT molecular complexity index is 1260. The van der Waals surface area contributed by atoms with Crippen LogP contribution < -0.4 is 0 Å². The van der Waals surface area contributed by atoms with Gasteiger partial charge in [-0.15, -0.1) is 5.10 Å². The first-order chi connectivity index (χ1) is 14.6.